The Balaban J connectivity index is 3.01. The minimum Gasteiger partial charge on any atom is -0.463 e. The molecule has 1 N–H and O–H groups in total. The summed E-state index contributed by atoms with van der Waals surface area (Å²) in [6.45, 7) is 25.5. The number of carbonyl (C=O) groups excluding carboxylic acids is 1. The second-order valence-corrected chi connectivity index (χ2v) is 20.8. The number of nitrogens with one attached hydrogen (secondary N) is 1. The summed E-state index contributed by atoms with van der Waals surface area (Å²) < 4.78 is 18.4. The smallest absolute Gasteiger partial charge is 0.332 e. The molecule has 0 unspecified atom stereocenters. The third kappa shape index (κ3) is 7.53. The van der Waals surface area contributed by atoms with Gasteiger partial charge in [-0.3, -0.25) is 0 Å². The number of hydrogen-bond donors (Lipinski definition) is 1. The van der Waals surface area contributed by atoms with E-state index in [0.717, 1.165) is 18.5 Å². The Kier molecular flexibility index (Phi) is 8.80. The van der Waals surface area contributed by atoms with Crippen LogP contribution in [0, 0.1) is 0 Å². The molecule has 2 atom stereocenters. The first-order chi connectivity index (χ1) is 13.0. The van der Waals surface area contributed by atoms with Gasteiger partial charge in [0, 0.05) is 11.8 Å². The highest BCUT2D eigenvalue weighted by molar-refractivity contribution is 6.74. The van der Waals surface area contributed by atoms with Crippen LogP contribution in [-0.2, 0) is 18.4 Å². The van der Waals surface area contributed by atoms with E-state index in [-0.39, 0.29) is 28.2 Å². The highest BCUT2D eigenvalue weighted by Crippen LogP contribution is 2.40. The van der Waals surface area contributed by atoms with Gasteiger partial charge in [0.1, 0.15) is 0 Å². The summed E-state index contributed by atoms with van der Waals surface area (Å²) in [6.07, 6.45) is 3.34. The third-order valence-corrected chi connectivity index (χ3v) is 15.8. The first-order valence-corrected chi connectivity index (χ1v) is 16.8. The van der Waals surface area contributed by atoms with Gasteiger partial charge >= 0.3 is 5.97 Å². The molecule has 170 valence electrons. The minimum atomic E-state index is -1.91. The Morgan fingerprint density at radius 3 is 2.10 bits per heavy atom. The second kappa shape index (κ2) is 9.66. The van der Waals surface area contributed by atoms with Crippen molar-refractivity contribution in [3.63, 3.8) is 0 Å². The quantitative estimate of drug-likeness (QED) is 0.315. The van der Waals surface area contributed by atoms with Crippen molar-refractivity contribution in [3.8, 4) is 0 Å². The van der Waals surface area contributed by atoms with Crippen LogP contribution in [0.5, 0.6) is 0 Å². The molecule has 1 aliphatic heterocycles. The molecular weight excluding hydrogens is 398 g/mol. The summed E-state index contributed by atoms with van der Waals surface area (Å²) in [5.74, 6) is -0.289. The van der Waals surface area contributed by atoms with Gasteiger partial charge in [-0.05, 0) is 56.0 Å². The molecule has 5 nitrogen and oxygen atoms in total. The lowest BCUT2D eigenvalue weighted by Crippen LogP contribution is -2.55. The standard InChI is InChI=1S/C22H45NO4Si2/c1-12-25-20(24)15-17-13-14-19(27-29(10,11)22(5,6)7)18(23-17)16-26-28(8,9)21(2,3)4/h15,18-19,23H,12-14,16H2,1-11H3/b17-15-/t18-,19-/m1/s1. The van der Waals surface area contributed by atoms with Crippen molar-refractivity contribution in [3.05, 3.63) is 11.8 Å². The number of piperidine rings is 1. The molecule has 0 aromatic heterocycles. The van der Waals surface area contributed by atoms with Crippen LogP contribution in [0.4, 0.5) is 0 Å². The molecular formula is C22H45NO4Si2. The van der Waals surface area contributed by atoms with Gasteiger partial charge in [0.15, 0.2) is 16.6 Å². The Hall–Kier alpha value is -0.636. The Labute approximate surface area is 181 Å². The average Bonchev–Trinajstić information content (AvgIpc) is 2.52. The Bertz CT molecular complexity index is 589. The first-order valence-electron chi connectivity index (χ1n) is 11.0. The van der Waals surface area contributed by atoms with Crippen LogP contribution in [0.3, 0.4) is 0 Å². The number of ether oxygens (including phenoxy) is 1. The van der Waals surface area contributed by atoms with E-state index in [0.29, 0.717) is 13.2 Å². The second-order valence-electron chi connectivity index (χ2n) is 11.2. The average molecular weight is 444 g/mol. The Morgan fingerprint density at radius 2 is 1.62 bits per heavy atom. The van der Waals surface area contributed by atoms with Crippen LogP contribution >= 0.6 is 0 Å². The molecule has 0 radical (unpaired) electrons. The van der Waals surface area contributed by atoms with Crippen LogP contribution in [0.2, 0.25) is 36.3 Å². The van der Waals surface area contributed by atoms with Gasteiger partial charge in [0.2, 0.25) is 0 Å². The lowest BCUT2D eigenvalue weighted by molar-refractivity contribution is -0.137. The molecule has 1 heterocycles. The van der Waals surface area contributed by atoms with E-state index in [1.165, 1.54) is 0 Å². The molecule has 0 aromatic carbocycles. The molecule has 1 saturated heterocycles. The van der Waals surface area contributed by atoms with Crippen molar-refractivity contribution < 1.29 is 18.4 Å². The molecule has 7 heteroatoms. The van der Waals surface area contributed by atoms with Gasteiger partial charge in [-0.15, -0.1) is 0 Å². The zero-order chi connectivity index (χ0) is 22.7. The molecule has 0 amide bonds. The monoisotopic (exact) mass is 443 g/mol. The number of rotatable bonds is 7. The summed E-state index contributed by atoms with van der Waals surface area (Å²) in [6, 6.07) is 0.0349. The van der Waals surface area contributed by atoms with E-state index in [1.807, 2.05) is 6.92 Å². The fraction of sp³-hybridized carbons (Fsp3) is 0.864. The fourth-order valence-corrected chi connectivity index (χ4v) is 5.12. The summed E-state index contributed by atoms with van der Waals surface area (Å²) >= 11 is 0. The van der Waals surface area contributed by atoms with Crippen LogP contribution < -0.4 is 5.32 Å². The van der Waals surface area contributed by atoms with Gasteiger partial charge in [0.25, 0.3) is 0 Å². The van der Waals surface area contributed by atoms with Crippen molar-refractivity contribution in [2.24, 2.45) is 0 Å². The zero-order valence-corrected chi connectivity index (χ0v) is 22.7. The van der Waals surface area contributed by atoms with E-state index in [9.17, 15) is 4.79 Å². The molecule has 0 spiro atoms. The summed E-state index contributed by atoms with van der Waals surface area (Å²) in [5, 5.41) is 3.85. The lowest BCUT2D eigenvalue weighted by Gasteiger charge is -2.45. The van der Waals surface area contributed by atoms with E-state index in [2.05, 4.69) is 73.0 Å². The van der Waals surface area contributed by atoms with E-state index in [4.69, 9.17) is 13.6 Å². The van der Waals surface area contributed by atoms with Gasteiger partial charge in [-0.25, -0.2) is 4.79 Å². The van der Waals surface area contributed by atoms with Crippen molar-refractivity contribution in [2.45, 2.75) is 110 Å². The number of esters is 1. The topological polar surface area (TPSA) is 56.8 Å². The molecule has 0 saturated carbocycles. The molecule has 1 fully saturated rings. The first kappa shape index (κ1) is 26.4. The van der Waals surface area contributed by atoms with Crippen LogP contribution in [0.1, 0.15) is 61.3 Å². The number of hydrogen-bond acceptors (Lipinski definition) is 5. The van der Waals surface area contributed by atoms with Crippen molar-refractivity contribution in [1.82, 2.24) is 5.32 Å². The summed E-state index contributed by atoms with van der Waals surface area (Å²) in [7, 11) is -3.78. The van der Waals surface area contributed by atoms with Crippen LogP contribution in [-0.4, -0.2) is 48.0 Å². The van der Waals surface area contributed by atoms with E-state index in [1.54, 1.807) is 6.08 Å². The minimum absolute atomic E-state index is 0.0349. The SMILES string of the molecule is CCOC(=O)/C=C1/CC[C@@H](O[Si](C)(C)C(C)(C)C)[C@@H](CO[Si](C)(C)C(C)(C)C)N1. The van der Waals surface area contributed by atoms with E-state index >= 15 is 0 Å². The van der Waals surface area contributed by atoms with Gasteiger partial charge in [-0.2, -0.15) is 0 Å². The van der Waals surface area contributed by atoms with Gasteiger partial charge in [0.05, 0.1) is 25.4 Å². The lowest BCUT2D eigenvalue weighted by atomic mass is 9.99. The van der Waals surface area contributed by atoms with E-state index < -0.39 is 16.6 Å². The van der Waals surface area contributed by atoms with Crippen molar-refractivity contribution >= 4 is 22.6 Å². The fourth-order valence-electron chi connectivity index (χ4n) is 2.70. The molecule has 29 heavy (non-hydrogen) atoms. The largest absolute Gasteiger partial charge is 0.463 e. The zero-order valence-electron chi connectivity index (χ0n) is 20.7. The van der Waals surface area contributed by atoms with Crippen molar-refractivity contribution in [2.75, 3.05) is 13.2 Å². The maximum absolute atomic E-state index is 11.9. The molecule has 0 aromatic rings. The summed E-state index contributed by atoms with van der Waals surface area (Å²) in [4.78, 5) is 11.9. The maximum atomic E-state index is 11.9. The summed E-state index contributed by atoms with van der Waals surface area (Å²) in [5.41, 5.74) is 0.919. The predicted octanol–water partition coefficient (Wildman–Crippen LogP) is 5.60. The molecule has 1 aliphatic rings. The predicted molar refractivity (Wildman–Crippen MR) is 126 cm³/mol. The van der Waals surface area contributed by atoms with Gasteiger partial charge in [-0.1, -0.05) is 41.5 Å². The van der Waals surface area contributed by atoms with Gasteiger partial charge < -0.3 is 18.9 Å². The Morgan fingerprint density at radius 1 is 1.07 bits per heavy atom. The number of carbonyl (C=O) groups is 1. The highest BCUT2D eigenvalue weighted by atomic mass is 28.4. The molecule has 1 rings (SSSR count). The van der Waals surface area contributed by atoms with Crippen molar-refractivity contribution in [1.29, 1.82) is 0 Å². The molecule has 0 aliphatic carbocycles. The van der Waals surface area contributed by atoms with Crippen LogP contribution in [0.25, 0.3) is 0 Å². The maximum Gasteiger partial charge on any atom is 0.332 e. The highest BCUT2D eigenvalue weighted by Gasteiger charge is 2.43. The number of allylic oxidation sites excluding steroid dienone is 1. The van der Waals surface area contributed by atoms with Crippen LogP contribution in [0.15, 0.2) is 11.8 Å². The normalized spacial score (nSPS) is 23.1. The third-order valence-electron chi connectivity index (χ3n) is 6.78. The molecule has 0 bridgehead atoms.